The van der Waals surface area contributed by atoms with Crippen molar-refractivity contribution < 1.29 is 9.53 Å². The van der Waals surface area contributed by atoms with Crippen LogP contribution in [0.3, 0.4) is 0 Å². The molecule has 0 bridgehead atoms. The van der Waals surface area contributed by atoms with E-state index < -0.39 is 0 Å². The van der Waals surface area contributed by atoms with Crippen molar-refractivity contribution in [2.24, 2.45) is 11.8 Å². The van der Waals surface area contributed by atoms with Gasteiger partial charge in [-0.25, -0.2) is 9.97 Å². The maximum absolute atomic E-state index is 12.0. The number of methoxy groups -OCH3 is 1. The predicted octanol–water partition coefficient (Wildman–Crippen LogP) is 4.37. The van der Waals surface area contributed by atoms with Crippen LogP contribution in [0.25, 0.3) is 0 Å². The van der Waals surface area contributed by atoms with Crippen LogP contribution in [0.1, 0.15) is 31.4 Å². The number of ether oxygens (including phenoxy) is 1. The molecular formula is C25H29N7O2S. The fraction of sp³-hybridized carbons (Fsp3) is 0.440. The highest BCUT2D eigenvalue weighted by Crippen LogP contribution is 2.47. The Morgan fingerprint density at radius 2 is 1.89 bits per heavy atom. The molecule has 3 N–H and O–H groups in total. The first-order valence-electron chi connectivity index (χ1n) is 12.1. The Morgan fingerprint density at radius 1 is 1.11 bits per heavy atom. The normalized spacial score (nSPS) is 18.7. The number of anilines is 4. The fourth-order valence-electron chi connectivity index (χ4n) is 4.52. The molecule has 3 heterocycles. The van der Waals surface area contributed by atoms with E-state index in [0.717, 1.165) is 48.0 Å². The first-order valence-corrected chi connectivity index (χ1v) is 12.9. The lowest BCUT2D eigenvalue weighted by molar-refractivity contribution is -0.117. The number of aryl methyl sites for hydroxylation is 1. The summed E-state index contributed by atoms with van der Waals surface area (Å²) in [5.74, 6) is 3.23. The molecule has 2 aromatic heterocycles. The number of carbonyl (C=O) groups is 1. The van der Waals surface area contributed by atoms with Crippen LogP contribution in [0.4, 0.5) is 23.1 Å². The topological polar surface area (TPSA) is 108 Å². The molecule has 35 heavy (non-hydrogen) atoms. The van der Waals surface area contributed by atoms with Crippen molar-refractivity contribution in [2.75, 3.05) is 35.7 Å². The van der Waals surface area contributed by atoms with Crippen LogP contribution in [-0.2, 0) is 9.53 Å². The number of hydrogen-bond acceptors (Lipinski definition) is 8. The summed E-state index contributed by atoms with van der Waals surface area (Å²) in [6, 6.07) is 11.7. The standard InChI is InChI=1S/C25H29N7O2S/c1-15-11-21(31-30-15)27-20-12-22(32-13-25(14-32,34-2)17-5-6-17)29-24(28-20)35-19-9-7-18(8-10-19)26-23(33)16-3-4-16/h7-12,16-17H,3-6,13-14H2,1-2H3,(H,26,33)(H2,27,28,29,30,31). The van der Waals surface area contributed by atoms with Crippen LogP contribution >= 0.6 is 11.8 Å². The number of rotatable bonds is 9. The Kier molecular flexibility index (Phi) is 5.64. The van der Waals surface area contributed by atoms with Crippen molar-refractivity contribution in [1.82, 2.24) is 20.2 Å². The molecule has 0 spiro atoms. The van der Waals surface area contributed by atoms with Crippen LogP contribution in [0.2, 0.25) is 0 Å². The van der Waals surface area contributed by atoms with E-state index in [0.29, 0.717) is 22.7 Å². The number of amides is 1. The molecule has 1 saturated heterocycles. The third kappa shape index (κ3) is 4.85. The summed E-state index contributed by atoms with van der Waals surface area (Å²) in [6.07, 6.45) is 4.47. The minimum atomic E-state index is -0.0497. The number of carbonyl (C=O) groups excluding carboxylic acids is 1. The van der Waals surface area contributed by atoms with Crippen LogP contribution in [0.15, 0.2) is 46.5 Å². The maximum atomic E-state index is 12.0. The summed E-state index contributed by atoms with van der Waals surface area (Å²) >= 11 is 1.49. The van der Waals surface area contributed by atoms with Crippen molar-refractivity contribution in [3.8, 4) is 0 Å². The van der Waals surface area contributed by atoms with E-state index in [4.69, 9.17) is 14.7 Å². The van der Waals surface area contributed by atoms with E-state index in [9.17, 15) is 4.79 Å². The number of benzene rings is 1. The lowest BCUT2D eigenvalue weighted by atomic mass is 9.88. The molecule has 6 rings (SSSR count). The average Bonchev–Trinajstić information content (AvgIpc) is 3.73. The van der Waals surface area contributed by atoms with Crippen molar-refractivity contribution in [1.29, 1.82) is 0 Å². The third-order valence-electron chi connectivity index (χ3n) is 6.90. The summed E-state index contributed by atoms with van der Waals surface area (Å²) in [5, 5.41) is 14.2. The van der Waals surface area contributed by atoms with E-state index >= 15 is 0 Å². The monoisotopic (exact) mass is 491 g/mol. The SMILES string of the molecule is COC1(C2CC2)CN(c2cc(Nc3cc(C)[nH]n3)nc(Sc3ccc(NC(=O)C4CC4)cc3)n2)C1. The molecule has 0 radical (unpaired) electrons. The van der Waals surface area contributed by atoms with E-state index in [2.05, 4.69) is 25.7 Å². The smallest absolute Gasteiger partial charge is 0.227 e. The first kappa shape index (κ1) is 22.4. The van der Waals surface area contributed by atoms with Crippen molar-refractivity contribution in [3.05, 3.63) is 42.1 Å². The van der Waals surface area contributed by atoms with Gasteiger partial charge in [-0.1, -0.05) is 0 Å². The highest BCUT2D eigenvalue weighted by molar-refractivity contribution is 7.99. The molecule has 10 heteroatoms. The molecular weight excluding hydrogens is 462 g/mol. The van der Waals surface area contributed by atoms with Gasteiger partial charge in [-0.2, -0.15) is 5.10 Å². The quantitative estimate of drug-likeness (QED) is 0.379. The second kappa shape index (κ2) is 8.83. The summed E-state index contributed by atoms with van der Waals surface area (Å²) in [7, 11) is 1.82. The van der Waals surface area contributed by atoms with Gasteiger partial charge in [0.15, 0.2) is 11.0 Å². The van der Waals surface area contributed by atoms with E-state index in [1.165, 1.54) is 24.6 Å². The van der Waals surface area contributed by atoms with Crippen molar-refractivity contribution >= 4 is 40.8 Å². The molecule has 0 atom stereocenters. The molecule has 1 amide bonds. The van der Waals surface area contributed by atoms with Crippen LogP contribution in [-0.4, -0.2) is 51.9 Å². The Balaban J connectivity index is 1.21. The second-order valence-corrected chi connectivity index (χ2v) is 10.8. The Hall–Kier alpha value is -3.11. The van der Waals surface area contributed by atoms with Gasteiger partial charge in [-0.3, -0.25) is 9.89 Å². The van der Waals surface area contributed by atoms with Crippen LogP contribution in [0, 0.1) is 18.8 Å². The summed E-state index contributed by atoms with van der Waals surface area (Å²) in [5.41, 5.74) is 1.74. The largest absolute Gasteiger partial charge is 0.374 e. The second-order valence-electron chi connectivity index (χ2n) is 9.74. The minimum Gasteiger partial charge on any atom is -0.374 e. The number of H-pyrrole nitrogens is 1. The minimum absolute atomic E-state index is 0.0497. The lowest BCUT2D eigenvalue weighted by Gasteiger charge is -2.50. The number of aromatic nitrogens is 4. The Morgan fingerprint density at radius 3 is 2.51 bits per heavy atom. The van der Waals surface area contributed by atoms with E-state index in [1.54, 1.807) is 0 Å². The predicted molar refractivity (Wildman–Crippen MR) is 135 cm³/mol. The van der Waals surface area contributed by atoms with Crippen LogP contribution < -0.4 is 15.5 Å². The van der Waals surface area contributed by atoms with E-state index in [-0.39, 0.29) is 17.4 Å². The number of aromatic amines is 1. The van der Waals surface area contributed by atoms with Gasteiger partial charge >= 0.3 is 0 Å². The Labute approximate surface area is 208 Å². The number of nitrogens with one attached hydrogen (secondary N) is 3. The van der Waals surface area contributed by atoms with Gasteiger partial charge in [0.1, 0.15) is 17.2 Å². The highest BCUT2D eigenvalue weighted by atomic mass is 32.2. The zero-order chi connectivity index (χ0) is 24.0. The maximum Gasteiger partial charge on any atom is 0.227 e. The summed E-state index contributed by atoms with van der Waals surface area (Å²) in [4.78, 5) is 24.9. The molecule has 3 aliphatic rings. The number of nitrogens with zero attached hydrogens (tertiary/aromatic N) is 4. The molecule has 9 nitrogen and oxygen atoms in total. The number of hydrogen-bond donors (Lipinski definition) is 3. The Bertz CT molecular complexity index is 1230. The average molecular weight is 492 g/mol. The van der Waals surface area contributed by atoms with Gasteiger partial charge in [-0.05, 0) is 74.6 Å². The molecule has 2 saturated carbocycles. The fourth-order valence-corrected chi connectivity index (χ4v) is 5.29. The molecule has 0 unspecified atom stereocenters. The molecule has 1 aliphatic heterocycles. The van der Waals surface area contributed by atoms with Gasteiger partial charge in [-0.15, -0.1) is 0 Å². The molecule has 1 aromatic carbocycles. The van der Waals surface area contributed by atoms with Gasteiger partial charge in [0.05, 0.1) is 13.1 Å². The molecule has 3 fully saturated rings. The first-order chi connectivity index (χ1) is 17.0. The van der Waals surface area contributed by atoms with Crippen LogP contribution in [0.5, 0.6) is 0 Å². The summed E-state index contributed by atoms with van der Waals surface area (Å²) < 4.78 is 5.91. The lowest BCUT2D eigenvalue weighted by Crippen LogP contribution is -2.64. The highest BCUT2D eigenvalue weighted by Gasteiger charge is 2.54. The zero-order valence-electron chi connectivity index (χ0n) is 19.9. The van der Waals surface area contributed by atoms with Crippen molar-refractivity contribution in [3.63, 3.8) is 0 Å². The van der Waals surface area contributed by atoms with Gasteiger partial charge in [0, 0.05) is 41.4 Å². The molecule has 3 aromatic rings. The van der Waals surface area contributed by atoms with E-state index in [1.807, 2.05) is 50.4 Å². The zero-order valence-corrected chi connectivity index (χ0v) is 20.7. The van der Waals surface area contributed by atoms with Gasteiger partial charge in [0.2, 0.25) is 5.91 Å². The van der Waals surface area contributed by atoms with Gasteiger partial charge < -0.3 is 20.3 Å². The molecule has 2 aliphatic carbocycles. The molecule has 182 valence electrons. The third-order valence-corrected chi connectivity index (χ3v) is 7.78. The van der Waals surface area contributed by atoms with Gasteiger partial charge in [0.25, 0.3) is 0 Å². The summed E-state index contributed by atoms with van der Waals surface area (Å²) in [6.45, 7) is 3.64. The van der Waals surface area contributed by atoms with Crippen molar-refractivity contribution in [2.45, 2.75) is 48.3 Å².